The number of hydrogen-bond acceptors (Lipinski definition) is 2. The van der Waals surface area contributed by atoms with Crippen LogP contribution in [0.2, 0.25) is 0 Å². The fourth-order valence-electron chi connectivity index (χ4n) is 2.99. The molecule has 3 unspecified atom stereocenters. The van der Waals surface area contributed by atoms with E-state index in [4.69, 9.17) is 0 Å². The highest BCUT2D eigenvalue weighted by atomic mass is 19.4. The number of hydrogen-bond donors (Lipinski definition) is 1. The van der Waals surface area contributed by atoms with Crippen molar-refractivity contribution in [3.8, 4) is 0 Å². The van der Waals surface area contributed by atoms with Crippen LogP contribution in [0.1, 0.15) is 47.0 Å². The zero-order valence-electron chi connectivity index (χ0n) is 13.1. The van der Waals surface area contributed by atoms with Gasteiger partial charge in [-0.05, 0) is 18.3 Å². The molecule has 1 aliphatic heterocycles. The van der Waals surface area contributed by atoms with E-state index in [0.29, 0.717) is 17.9 Å². The van der Waals surface area contributed by atoms with Gasteiger partial charge in [-0.25, -0.2) is 0 Å². The van der Waals surface area contributed by atoms with Gasteiger partial charge in [0.25, 0.3) is 0 Å². The fraction of sp³-hybridized carbons (Fsp3) is 1.00. The minimum Gasteiger partial charge on any atom is -0.311 e. The summed E-state index contributed by atoms with van der Waals surface area (Å²) in [5.41, 5.74) is 0. The molecule has 3 atom stereocenters. The summed E-state index contributed by atoms with van der Waals surface area (Å²) in [6.07, 6.45) is -2.73. The van der Waals surface area contributed by atoms with E-state index in [1.807, 2.05) is 0 Å². The molecule has 0 radical (unpaired) electrons. The molecule has 1 aliphatic rings. The second-order valence-corrected chi connectivity index (χ2v) is 6.55. The minimum atomic E-state index is -4.06. The molecule has 0 aromatic heterocycles. The second-order valence-electron chi connectivity index (χ2n) is 6.55. The first-order chi connectivity index (χ1) is 9.23. The Labute approximate surface area is 121 Å². The van der Waals surface area contributed by atoms with Crippen molar-refractivity contribution < 1.29 is 13.2 Å². The van der Waals surface area contributed by atoms with Crippen LogP contribution in [-0.2, 0) is 0 Å². The van der Waals surface area contributed by atoms with E-state index in [9.17, 15) is 13.2 Å². The Bertz CT molecular complexity index is 279. The normalized spacial score (nSPS) is 27.0. The van der Waals surface area contributed by atoms with Crippen LogP contribution in [0.3, 0.4) is 0 Å². The molecule has 5 heteroatoms. The van der Waals surface area contributed by atoms with E-state index in [1.54, 1.807) is 0 Å². The second kappa shape index (κ2) is 7.64. The van der Waals surface area contributed by atoms with Gasteiger partial charge in [0.05, 0.1) is 6.42 Å². The molecule has 1 saturated heterocycles. The average Bonchev–Trinajstić information content (AvgIpc) is 2.34. The molecule has 0 spiro atoms. The lowest BCUT2D eigenvalue weighted by Crippen LogP contribution is -2.59. The first-order valence-corrected chi connectivity index (χ1v) is 7.77. The third-order valence-corrected chi connectivity index (χ3v) is 4.28. The van der Waals surface area contributed by atoms with Gasteiger partial charge in [-0.3, -0.25) is 4.90 Å². The maximum atomic E-state index is 12.5. The molecule has 0 saturated carbocycles. The number of halogens is 3. The molecule has 1 N–H and O–H groups in total. The molecule has 120 valence electrons. The van der Waals surface area contributed by atoms with Gasteiger partial charge in [-0.2, -0.15) is 13.2 Å². The van der Waals surface area contributed by atoms with Crippen LogP contribution >= 0.6 is 0 Å². The number of nitrogens with one attached hydrogen (secondary N) is 1. The summed E-state index contributed by atoms with van der Waals surface area (Å²) in [5, 5.41) is 3.52. The van der Waals surface area contributed by atoms with Gasteiger partial charge < -0.3 is 5.32 Å². The van der Waals surface area contributed by atoms with Crippen molar-refractivity contribution in [3.05, 3.63) is 0 Å². The van der Waals surface area contributed by atoms with Gasteiger partial charge in [-0.15, -0.1) is 0 Å². The Morgan fingerprint density at radius 3 is 2.40 bits per heavy atom. The topological polar surface area (TPSA) is 15.3 Å². The fourth-order valence-corrected chi connectivity index (χ4v) is 2.99. The smallest absolute Gasteiger partial charge is 0.311 e. The van der Waals surface area contributed by atoms with Crippen LogP contribution in [0.15, 0.2) is 0 Å². The van der Waals surface area contributed by atoms with Crippen molar-refractivity contribution in [1.29, 1.82) is 0 Å². The molecule has 2 nitrogen and oxygen atoms in total. The Kier molecular flexibility index (Phi) is 6.79. The molecular weight excluding hydrogens is 265 g/mol. The SMILES string of the molecule is CCC(C)C1CNC(CC(C)C)CN1CCC(F)(F)F. The Morgan fingerprint density at radius 1 is 1.25 bits per heavy atom. The van der Waals surface area contributed by atoms with Gasteiger partial charge in [-0.1, -0.05) is 34.1 Å². The van der Waals surface area contributed by atoms with Gasteiger partial charge in [0, 0.05) is 31.7 Å². The third-order valence-electron chi connectivity index (χ3n) is 4.28. The highest BCUT2D eigenvalue weighted by Gasteiger charge is 2.34. The first-order valence-electron chi connectivity index (χ1n) is 7.77. The van der Waals surface area contributed by atoms with Crippen molar-refractivity contribution in [2.24, 2.45) is 11.8 Å². The van der Waals surface area contributed by atoms with Gasteiger partial charge in [0.2, 0.25) is 0 Å². The highest BCUT2D eigenvalue weighted by molar-refractivity contribution is 4.89. The largest absolute Gasteiger partial charge is 0.390 e. The van der Waals surface area contributed by atoms with Crippen LogP contribution in [0.25, 0.3) is 0 Å². The summed E-state index contributed by atoms with van der Waals surface area (Å²) in [5.74, 6) is 0.993. The van der Waals surface area contributed by atoms with Crippen molar-refractivity contribution in [2.75, 3.05) is 19.6 Å². The van der Waals surface area contributed by atoms with E-state index in [-0.39, 0.29) is 12.6 Å². The summed E-state index contributed by atoms with van der Waals surface area (Å²) in [7, 11) is 0. The zero-order chi connectivity index (χ0) is 15.3. The average molecular weight is 294 g/mol. The lowest BCUT2D eigenvalue weighted by molar-refractivity contribution is -0.140. The van der Waals surface area contributed by atoms with Crippen LogP contribution in [0, 0.1) is 11.8 Å². The maximum absolute atomic E-state index is 12.5. The first kappa shape index (κ1) is 17.8. The molecule has 0 bridgehead atoms. The maximum Gasteiger partial charge on any atom is 0.390 e. The van der Waals surface area contributed by atoms with Crippen LogP contribution in [-0.4, -0.2) is 42.8 Å². The van der Waals surface area contributed by atoms with Crippen LogP contribution in [0.4, 0.5) is 13.2 Å². The lowest BCUT2D eigenvalue weighted by Gasteiger charge is -2.43. The van der Waals surface area contributed by atoms with E-state index in [1.165, 1.54) is 0 Å². The molecule has 1 fully saturated rings. The third kappa shape index (κ3) is 6.00. The summed E-state index contributed by atoms with van der Waals surface area (Å²) < 4.78 is 37.5. The Balaban J connectivity index is 2.62. The Hall–Kier alpha value is -0.290. The standard InChI is InChI=1S/C15H29F3N2/c1-5-12(4)14-9-19-13(8-11(2)3)10-20(14)7-6-15(16,17)18/h11-14,19H,5-10H2,1-4H3. The molecule has 20 heavy (non-hydrogen) atoms. The lowest BCUT2D eigenvalue weighted by atomic mass is 9.92. The van der Waals surface area contributed by atoms with Crippen LogP contribution in [0.5, 0.6) is 0 Å². The van der Waals surface area contributed by atoms with Crippen molar-refractivity contribution in [3.63, 3.8) is 0 Å². The minimum absolute atomic E-state index is 0.134. The summed E-state index contributed by atoms with van der Waals surface area (Å²) in [4.78, 5) is 2.06. The predicted molar refractivity (Wildman–Crippen MR) is 76.7 cm³/mol. The molecule has 0 aliphatic carbocycles. The zero-order valence-corrected chi connectivity index (χ0v) is 13.1. The molecule has 1 rings (SSSR count). The van der Waals surface area contributed by atoms with Crippen molar-refractivity contribution in [2.45, 2.75) is 65.2 Å². The number of rotatable bonds is 6. The monoisotopic (exact) mass is 294 g/mol. The van der Waals surface area contributed by atoms with Crippen molar-refractivity contribution in [1.82, 2.24) is 10.2 Å². The summed E-state index contributed by atoms with van der Waals surface area (Å²) in [6.45, 7) is 10.2. The number of alkyl halides is 3. The van der Waals surface area contributed by atoms with Gasteiger partial charge >= 0.3 is 6.18 Å². The van der Waals surface area contributed by atoms with Gasteiger partial charge in [0.1, 0.15) is 0 Å². The highest BCUT2D eigenvalue weighted by Crippen LogP contribution is 2.25. The molecule has 0 aromatic rings. The van der Waals surface area contributed by atoms with Crippen molar-refractivity contribution >= 4 is 0 Å². The Morgan fingerprint density at radius 2 is 1.90 bits per heavy atom. The van der Waals surface area contributed by atoms with Crippen LogP contribution < -0.4 is 5.32 Å². The van der Waals surface area contributed by atoms with E-state index in [0.717, 1.165) is 25.9 Å². The number of piperazine rings is 1. The van der Waals surface area contributed by atoms with E-state index in [2.05, 4.69) is 37.9 Å². The molecular formula is C15H29F3N2. The molecule has 1 heterocycles. The quantitative estimate of drug-likeness (QED) is 0.804. The van der Waals surface area contributed by atoms with E-state index < -0.39 is 12.6 Å². The van der Waals surface area contributed by atoms with E-state index >= 15 is 0 Å². The molecule has 0 amide bonds. The summed E-state index contributed by atoms with van der Waals surface area (Å²) >= 11 is 0. The number of nitrogens with zero attached hydrogens (tertiary/aromatic N) is 1. The summed E-state index contributed by atoms with van der Waals surface area (Å²) in [6, 6.07) is 0.550. The predicted octanol–water partition coefficient (Wildman–Crippen LogP) is 3.67. The molecule has 0 aromatic carbocycles. The van der Waals surface area contributed by atoms with Gasteiger partial charge in [0.15, 0.2) is 0 Å².